The Morgan fingerprint density at radius 2 is 2.05 bits per heavy atom. The van der Waals surface area contributed by atoms with E-state index in [1.165, 1.54) is 5.56 Å². The van der Waals surface area contributed by atoms with Crippen LogP contribution in [0.25, 0.3) is 0 Å². The zero-order chi connectivity index (χ0) is 15.2. The van der Waals surface area contributed by atoms with Gasteiger partial charge in [0.25, 0.3) is 0 Å². The van der Waals surface area contributed by atoms with Gasteiger partial charge in [0.2, 0.25) is 11.8 Å². The van der Waals surface area contributed by atoms with E-state index in [1.54, 1.807) is 0 Å². The smallest absolute Gasteiger partial charge is 0.329 e. The van der Waals surface area contributed by atoms with Crippen molar-refractivity contribution in [2.75, 3.05) is 10.7 Å². The minimum Gasteiger partial charge on any atom is -0.334 e. The number of aryl methyl sites for hydroxylation is 1. The third kappa shape index (κ3) is 3.63. The standard InChI is InChI=1S/C13H16N6O2/c1-2-3-9-4-6-10(7-5-9)16-12-11(19(20)21)8-15-13(17-12)18-14/h4-8H,2-3,14H2,1H3,(H2,15,16,17,18). The fourth-order valence-electron chi connectivity index (χ4n) is 1.85. The maximum atomic E-state index is 11.0. The van der Waals surface area contributed by atoms with Gasteiger partial charge in [-0.2, -0.15) is 4.98 Å². The zero-order valence-electron chi connectivity index (χ0n) is 11.5. The number of nitrogens with two attached hydrogens (primary N) is 1. The van der Waals surface area contributed by atoms with Crippen LogP contribution in [0.4, 0.5) is 23.1 Å². The van der Waals surface area contributed by atoms with E-state index in [2.05, 4.69) is 27.6 Å². The van der Waals surface area contributed by atoms with Gasteiger partial charge in [0.15, 0.2) is 0 Å². The van der Waals surface area contributed by atoms with Crippen LogP contribution in [0.2, 0.25) is 0 Å². The molecule has 21 heavy (non-hydrogen) atoms. The predicted molar refractivity (Wildman–Crippen MR) is 80.2 cm³/mol. The average molecular weight is 288 g/mol. The molecule has 1 heterocycles. The highest BCUT2D eigenvalue weighted by molar-refractivity contribution is 5.66. The maximum Gasteiger partial charge on any atom is 0.329 e. The molecule has 110 valence electrons. The van der Waals surface area contributed by atoms with Crippen molar-refractivity contribution >= 4 is 23.1 Å². The molecule has 0 amide bonds. The number of rotatable bonds is 6. The molecule has 0 aliphatic carbocycles. The lowest BCUT2D eigenvalue weighted by Gasteiger charge is -2.08. The van der Waals surface area contributed by atoms with E-state index in [4.69, 9.17) is 5.84 Å². The molecule has 0 spiro atoms. The zero-order valence-corrected chi connectivity index (χ0v) is 11.5. The second-order valence-electron chi connectivity index (χ2n) is 4.40. The van der Waals surface area contributed by atoms with Gasteiger partial charge in [0.1, 0.15) is 6.20 Å². The third-order valence-corrected chi connectivity index (χ3v) is 2.85. The van der Waals surface area contributed by atoms with Crippen LogP contribution in [0, 0.1) is 10.1 Å². The summed E-state index contributed by atoms with van der Waals surface area (Å²) in [5.41, 5.74) is 3.96. The second kappa shape index (κ2) is 6.62. The van der Waals surface area contributed by atoms with Gasteiger partial charge in [-0.1, -0.05) is 25.5 Å². The molecule has 1 aromatic heterocycles. The van der Waals surface area contributed by atoms with Crippen molar-refractivity contribution in [2.45, 2.75) is 19.8 Å². The van der Waals surface area contributed by atoms with E-state index in [-0.39, 0.29) is 17.5 Å². The van der Waals surface area contributed by atoms with E-state index >= 15 is 0 Å². The van der Waals surface area contributed by atoms with Crippen LogP contribution in [0.5, 0.6) is 0 Å². The molecule has 2 rings (SSSR count). The molecule has 0 unspecified atom stereocenters. The van der Waals surface area contributed by atoms with Crippen molar-refractivity contribution < 1.29 is 4.92 Å². The summed E-state index contributed by atoms with van der Waals surface area (Å²) in [5, 5.41) is 13.9. The predicted octanol–water partition coefficient (Wildman–Crippen LogP) is 2.37. The van der Waals surface area contributed by atoms with Crippen LogP contribution in [-0.2, 0) is 6.42 Å². The molecule has 0 saturated heterocycles. The Labute approximate surface area is 121 Å². The molecule has 0 saturated carbocycles. The number of hydrazine groups is 1. The Kier molecular flexibility index (Phi) is 4.62. The molecule has 0 bridgehead atoms. The first-order valence-electron chi connectivity index (χ1n) is 6.48. The summed E-state index contributed by atoms with van der Waals surface area (Å²) in [6, 6.07) is 7.65. The Bertz CT molecular complexity index is 629. The molecule has 0 radical (unpaired) electrons. The van der Waals surface area contributed by atoms with Crippen molar-refractivity contribution in [1.82, 2.24) is 9.97 Å². The van der Waals surface area contributed by atoms with Gasteiger partial charge in [-0.15, -0.1) is 0 Å². The molecule has 8 nitrogen and oxygen atoms in total. The number of hydrogen-bond acceptors (Lipinski definition) is 7. The Balaban J connectivity index is 2.26. The largest absolute Gasteiger partial charge is 0.334 e. The summed E-state index contributed by atoms with van der Waals surface area (Å²) in [6.45, 7) is 2.11. The van der Waals surface area contributed by atoms with Crippen molar-refractivity contribution in [2.24, 2.45) is 5.84 Å². The van der Waals surface area contributed by atoms with Gasteiger partial charge in [-0.05, 0) is 24.1 Å². The molecular weight excluding hydrogens is 272 g/mol. The topological polar surface area (TPSA) is 119 Å². The Morgan fingerprint density at radius 1 is 1.33 bits per heavy atom. The molecule has 0 atom stereocenters. The van der Waals surface area contributed by atoms with E-state index in [0.29, 0.717) is 5.69 Å². The monoisotopic (exact) mass is 288 g/mol. The van der Waals surface area contributed by atoms with Gasteiger partial charge >= 0.3 is 5.69 Å². The lowest BCUT2D eigenvalue weighted by molar-refractivity contribution is -0.384. The SMILES string of the molecule is CCCc1ccc(Nc2nc(NN)ncc2[N+](=O)[O-])cc1. The summed E-state index contributed by atoms with van der Waals surface area (Å²) < 4.78 is 0. The van der Waals surface area contributed by atoms with Gasteiger partial charge in [0.05, 0.1) is 4.92 Å². The summed E-state index contributed by atoms with van der Waals surface area (Å²) in [6.07, 6.45) is 3.17. The highest BCUT2D eigenvalue weighted by Gasteiger charge is 2.17. The molecule has 0 aliphatic heterocycles. The fraction of sp³-hybridized carbons (Fsp3) is 0.231. The van der Waals surface area contributed by atoms with Crippen molar-refractivity contribution in [3.63, 3.8) is 0 Å². The van der Waals surface area contributed by atoms with Gasteiger partial charge < -0.3 is 5.32 Å². The van der Waals surface area contributed by atoms with Crippen LogP contribution >= 0.6 is 0 Å². The average Bonchev–Trinajstić information content (AvgIpc) is 2.49. The Hall–Kier alpha value is -2.74. The van der Waals surface area contributed by atoms with Crippen LogP contribution in [0.15, 0.2) is 30.5 Å². The second-order valence-corrected chi connectivity index (χ2v) is 4.40. The number of anilines is 3. The molecule has 0 fully saturated rings. The van der Waals surface area contributed by atoms with Gasteiger partial charge in [-0.3, -0.25) is 15.5 Å². The van der Waals surface area contributed by atoms with Crippen molar-refractivity contribution in [3.8, 4) is 0 Å². The van der Waals surface area contributed by atoms with Crippen LogP contribution in [-0.4, -0.2) is 14.9 Å². The van der Waals surface area contributed by atoms with Crippen LogP contribution < -0.4 is 16.6 Å². The number of nitrogen functional groups attached to an aromatic ring is 1. The molecule has 0 aliphatic rings. The van der Waals surface area contributed by atoms with Crippen molar-refractivity contribution in [3.05, 3.63) is 46.1 Å². The van der Waals surface area contributed by atoms with Crippen LogP contribution in [0.1, 0.15) is 18.9 Å². The summed E-state index contributed by atoms with van der Waals surface area (Å²) in [4.78, 5) is 18.1. The highest BCUT2D eigenvalue weighted by Crippen LogP contribution is 2.25. The normalized spacial score (nSPS) is 10.2. The molecular formula is C13H16N6O2. The fourth-order valence-corrected chi connectivity index (χ4v) is 1.85. The minimum atomic E-state index is -0.548. The lowest BCUT2D eigenvalue weighted by atomic mass is 10.1. The summed E-state index contributed by atoms with van der Waals surface area (Å²) in [7, 11) is 0. The van der Waals surface area contributed by atoms with Crippen LogP contribution in [0.3, 0.4) is 0 Å². The van der Waals surface area contributed by atoms with E-state index in [1.807, 2.05) is 24.3 Å². The van der Waals surface area contributed by atoms with E-state index in [0.717, 1.165) is 19.0 Å². The number of benzene rings is 1. The third-order valence-electron chi connectivity index (χ3n) is 2.85. The van der Waals surface area contributed by atoms with E-state index in [9.17, 15) is 10.1 Å². The highest BCUT2D eigenvalue weighted by atomic mass is 16.6. The van der Waals surface area contributed by atoms with Gasteiger partial charge in [0, 0.05) is 5.69 Å². The maximum absolute atomic E-state index is 11.0. The van der Waals surface area contributed by atoms with E-state index < -0.39 is 4.92 Å². The first-order chi connectivity index (χ1) is 10.1. The number of hydrogen-bond donors (Lipinski definition) is 3. The van der Waals surface area contributed by atoms with Crippen molar-refractivity contribution in [1.29, 1.82) is 0 Å². The molecule has 2 aromatic rings. The first kappa shape index (κ1) is 14.7. The first-order valence-corrected chi connectivity index (χ1v) is 6.48. The van der Waals surface area contributed by atoms with Gasteiger partial charge in [-0.25, -0.2) is 10.8 Å². The molecule has 1 aromatic carbocycles. The summed E-state index contributed by atoms with van der Waals surface area (Å²) in [5.74, 6) is 5.41. The number of nitrogens with zero attached hydrogens (tertiary/aromatic N) is 3. The minimum absolute atomic E-state index is 0.0891. The summed E-state index contributed by atoms with van der Waals surface area (Å²) >= 11 is 0. The lowest BCUT2D eigenvalue weighted by Crippen LogP contribution is -2.12. The molecule has 8 heteroatoms. The number of aromatic nitrogens is 2. The quantitative estimate of drug-likeness (QED) is 0.424. The Morgan fingerprint density at radius 3 is 2.62 bits per heavy atom. The number of nitro groups is 1. The number of nitrogens with one attached hydrogen (secondary N) is 2. The molecule has 4 N–H and O–H groups in total.